The number of aryl methyl sites for hydroxylation is 2. The molecule has 9 heteroatoms. The summed E-state index contributed by atoms with van der Waals surface area (Å²) in [5.41, 5.74) is 2.06. The van der Waals surface area contributed by atoms with Crippen molar-refractivity contribution in [2.24, 2.45) is 0 Å². The van der Waals surface area contributed by atoms with E-state index in [-0.39, 0.29) is 18.1 Å². The van der Waals surface area contributed by atoms with Crippen molar-refractivity contribution in [1.82, 2.24) is 30.3 Å². The maximum Gasteiger partial charge on any atom is 0.368 e. The number of tetrazole rings is 1. The summed E-state index contributed by atoms with van der Waals surface area (Å²) in [6.45, 7) is 4.23. The highest BCUT2D eigenvalue weighted by Gasteiger charge is 2.12. The number of para-hydroxylation sites is 1. The molecule has 0 unspecified atom stereocenters. The Bertz CT molecular complexity index is 922. The van der Waals surface area contributed by atoms with E-state index in [0.29, 0.717) is 25.1 Å². The molecule has 0 radical (unpaired) electrons. The van der Waals surface area contributed by atoms with Crippen molar-refractivity contribution in [3.8, 4) is 5.69 Å². The molecule has 9 nitrogen and oxygen atoms in total. The summed E-state index contributed by atoms with van der Waals surface area (Å²) in [4.78, 5) is 24.2. The second kappa shape index (κ2) is 7.77. The van der Waals surface area contributed by atoms with E-state index in [4.69, 9.17) is 4.52 Å². The smallest absolute Gasteiger partial charge is 0.361 e. The van der Waals surface area contributed by atoms with Gasteiger partial charge in [-0.2, -0.15) is 9.36 Å². The molecule has 3 rings (SSSR count). The molecule has 0 aliphatic rings. The highest BCUT2D eigenvalue weighted by molar-refractivity contribution is 5.76. The fourth-order valence-electron chi connectivity index (χ4n) is 2.63. The maximum atomic E-state index is 12.3. The van der Waals surface area contributed by atoms with Gasteiger partial charge in [0.25, 0.3) is 0 Å². The Morgan fingerprint density at radius 2 is 1.96 bits per heavy atom. The molecule has 2 aromatic heterocycles. The van der Waals surface area contributed by atoms with E-state index in [0.717, 1.165) is 17.0 Å². The average Bonchev–Trinajstić information content (AvgIpc) is 3.16. The van der Waals surface area contributed by atoms with Crippen LogP contribution >= 0.6 is 0 Å². The molecule has 0 spiro atoms. The molecule has 1 N–H and O–H groups in total. The number of benzene rings is 1. The number of nitrogens with zero attached hydrogens (tertiary/aromatic N) is 5. The van der Waals surface area contributed by atoms with Crippen LogP contribution < -0.4 is 11.0 Å². The zero-order valence-corrected chi connectivity index (χ0v) is 14.7. The van der Waals surface area contributed by atoms with Gasteiger partial charge in [-0.15, -0.1) is 0 Å². The van der Waals surface area contributed by atoms with Gasteiger partial charge < -0.3 is 9.84 Å². The summed E-state index contributed by atoms with van der Waals surface area (Å²) in [5.74, 6) is 0.632. The lowest BCUT2D eigenvalue weighted by Gasteiger charge is -2.04. The minimum absolute atomic E-state index is 0.103. The largest absolute Gasteiger partial charge is 0.368 e. The first kappa shape index (κ1) is 17.6. The number of nitrogens with one attached hydrogen (secondary N) is 1. The van der Waals surface area contributed by atoms with Gasteiger partial charge in [0.05, 0.1) is 17.9 Å². The standard InChI is InChI=1S/C17H20N6O3/c1-12-15(13(2)26-19-12)8-9-16(24)18-10-11-22-17(25)23(21-20-22)14-6-4-3-5-7-14/h3-7H,8-11H2,1-2H3,(H,18,24). The highest BCUT2D eigenvalue weighted by Crippen LogP contribution is 2.14. The second-order valence-corrected chi connectivity index (χ2v) is 5.88. The van der Waals surface area contributed by atoms with Gasteiger partial charge in [0.2, 0.25) is 5.91 Å². The van der Waals surface area contributed by atoms with Gasteiger partial charge >= 0.3 is 5.69 Å². The Morgan fingerprint density at radius 1 is 1.19 bits per heavy atom. The summed E-state index contributed by atoms with van der Waals surface area (Å²) in [6, 6.07) is 9.05. The molecule has 0 saturated carbocycles. The zero-order chi connectivity index (χ0) is 18.5. The number of hydrogen-bond donors (Lipinski definition) is 1. The monoisotopic (exact) mass is 356 g/mol. The molecule has 1 aromatic carbocycles. The van der Waals surface area contributed by atoms with Gasteiger partial charge in [0.15, 0.2) is 0 Å². The van der Waals surface area contributed by atoms with Gasteiger partial charge in [-0.3, -0.25) is 4.79 Å². The molecule has 3 aromatic rings. The Labute approximate surface area is 149 Å². The number of carbonyl (C=O) groups is 1. The van der Waals surface area contributed by atoms with Crippen molar-refractivity contribution >= 4 is 5.91 Å². The Kier molecular flexibility index (Phi) is 5.26. The van der Waals surface area contributed by atoms with Gasteiger partial charge in [0, 0.05) is 18.5 Å². The molecule has 0 aliphatic carbocycles. The lowest BCUT2D eigenvalue weighted by Crippen LogP contribution is -2.32. The summed E-state index contributed by atoms with van der Waals surface area (Å²) in [7, 11) is 0. The maximum absolute atomic E-state index is 12.3. The molecule has 0 fully saturated rings. The van der Waals surface area contributed by atoms with Crippen molar-refractivity contribution in [3.05, 3.63) is 57.8 Å². The van der Waals surface area contributed by atoms with Gasteiger partial charge in [0.1, 0.15) is 5.76 Å². The molecule has 1 amide bonds. The van der Waals surface area contributed by atoms with Crippen molar-refractivity contribution in [2.45, 2.75) is 33.2 Å². The van der Waals surface area contributed by atoms with Crippen LogP contribution in [0.4, 0.5) is 0 Å². The second-order valence-electron chi connectivity index (χ2n) is 5.88. The third-order valence-electron chi connectivity index (χ3n) is 4.07. The quantitative estimate of drug-likeness (QED) is 0.670. The molecule has 0 saturated heterocycles. The third-order valence-corrected chi connectivity index (χ3v) is 4.07. The number of hydrogen-bond acceptors (Lipinski definition) is 6. The van der Waals surface area contributed by atoms with Crippen LogP contribution in [-0.2, 0) is 17.8 Å². The summed E-state index contributed by atoms with van der Waals surface area (Å²) < 4.78 is 7.53. The molecular formula is C17H20N6O3. The highest BCUT2D eigenvalue weighted by atomic mass is 16.5. The van der Waals surface area contributed by atoms with E-state index in [2.05, 4.69) is 20.9 Å². The molecular weight excluding hydrogens is 336 g/mol. The van der Waals surface area contributed by atoms with Gasteiger partial charge in [-0.1, -0.05) is 23.4 Å². The Balaban J connectivity index is 1.50. The van der Waals surface area contributed by atoms with Crippen LogP contribution in [-0.4, -0.2) is 37.4 Å². The van der Waals surface area contributed by atoms with Crippen LogP contribution in [0.1, 0.15) is 23.4 Å². The van der Waals surface area contributed by atoms with Crippen LogP contribution in [0.15, 0.2) is 39.6 Å². The van der Waals surface area contributed by atoms with Gasteiger partial charge in [-0.05, 0) is 42.8 Å². The summed E-state index contributed by atoms with van der Waals surface area (Å²) in [6.07, 6.45) is 0.894. The molecule has 0 bridgehead atoms. The van der Waals surface area contributed by atoms with Crippen molar-refractivity contribution < 1.29 is 9.32 Å². The van der Waals surface area contributed by atoms with Crippen molar-refractivity contribution in [3.63, 3.8) is 0 Å². The topological polar surface area (TPSA) is 108 Å². The van der Waals surface area contributed by atoms with Crippen LogP contribution in [0, 0.1) is 13.8 Å². The van der Waals surface area contributed by atoms with Crippen LogP contribution in [0.2, 0.25) is 0 Å². The molecule has 2 heterocycles. The minimum atomic E-state index is -0.346. The lowest BCUT2D eigenvalue weighted by molar-refractivity contribution is -0.121. The SMILES string of the molecule is Cc1noc(C)c1CCC(=O)NCCn1nnn(-c2ccccc2)c1=O. The van der Waals surface area contributed by atoms with Crippen LogP contribution in [0.5, 0.6) is 0 Å². The Morgan fingerprint density at radius 3 is 2.65 bits per heavy atom. The van der Waals surface area contributed by atoms with Crippen molar-refractivity contribution in [1.29, 1.82) is 0 Å². The first-order valence-corrected chi connectivity index (χ1v) is 8.33. The van der Waals surface area contributed by atoms with E-state index in [1.807, 2.05) is 32.0 Å². The van der Waals surface area contributed by atoms with E-state index in [9.17, 15) is 9.59 Å². The van der Waals surface area contributed by atoms with Crippen LogP contribution in [0.3, 0.4) is 0 Å². The molecule has 26 heavy (non-hydrogen) atoms. The minimum Gasteiger partial charge on any atom is -0.361 e. The average molecular weight is 356 g/mol. The fourth-order valence-corrected chi connectivity index (χ4v) is 2.63. The van der Waals surface area contributed by atoms with Crippen LogP contribution in [0.25, 0.3) is 5.69 Å². The van der Waals surface area contributed by atoms with E-state index in [1.54, 1.807) is 12.1 Å². The number of amides is 1. The first-order chi connectivity index (χ1) is 12.6. The molecule has 0 aliphatic heterocycles. The third kappa shape index (κ3) is 3.88. The first-order valence-electron chi connectivity index (χ1n) is 8.33. The van der Waals surface area contributed by atoms with Crippen molar-refractivity contribution in [2.75, 3.05) is 6.54 Å². The predicted molar refractivity (Wildman–Crippen MR) is 92.9 cm³/mol. The number of aromatic nitrogens is 5. The van der Waals surface area contributed by atoms with Gasteiger partial charge in [-0.25, -0.2) is 4.79 Å². The predicted octanol–water partition coefficient (Wildman–Crippen LogP) is 0.783. The summed E-state index contributed by atoms with van der Waals surface area (Å²) >= 11 is 0. The number of carbonyl (C=O) groups excluding carboxylic acids is 1. The molecule has 136 valence electrons. The molecule has 0 atom stereocenters. The fraction of sp³-hybridized carbons (Fsp3) is 0.353. The van der Waals surface area contributed by atoms with E-state index >= 15 is 0 Å². The number of rotatable bonds is 7. The zero-order valence-electron chi connectivity index (χ0n) is 14.7. The van der Waals surface area contributed by atoms with E-state index in [1.165, 1.54) is 9.36 Å². The summed E-state index contributed by atoms with van der Waals surface area (Å²) in [5, 5.41) is 14.4. The Hall–Kier alpha value is -3.23. The normalized spacial score (nSPS) is 10.8. The van der Waals surface area contributed by atoms with E-state index < -0.39 is 0 Å². The lowest BCUT2D eigenvalue weighted by atomic mass is 10.1.